The summed E-state index contributed by atoms with van der Waals surface area (Å²) in [6, 6.07) is -0.567. The Morgan fingerprint density at radius 1 is 1.38 bits per heavy atom. The number of rotatable bonds is 7. The Morgan fingerprint density at radius 2 is 2.04 bits per heavy atom. The molecule has 0 aromatic carbocycles. The third kappa shape index (κ3) is 3.91. The van der Waals surface area contributed by atoms with Gasteiger partial charge in [0, 0.05) is 6.04 Å². The van der Waals surface area contributed by atoms with Gasteiger partial charge in [-0.15, -0.1) is 0 Å². The van der Waals surface area contributed by atoms with Crippen LogP contribution in [0, 0.1) is 17.8 Å². The maximum absolute atomic E-state index is 11.8. The molecule has 9 heteroatoms. The molecule has 0 unspecified atom stereocenters. The van der Waals surface area contributed by atoms with Crippen LogP contribution >= 0.6 is 0 Å². The Hall–Kier alpha value is -1.16. The number of fused-ring (bicyclic) bond motifs is 1. The van der Waals surface area contributed by atoms with Crippen molar-refractivity contribution in [1.29, 1.82) is 0 Å². The van der Waals surface area contributed by atoms with Gasteiger partial charge in [0.25, 0.3) is 0 Å². The number of hydrogen-bond donors (Lipinski definition) is 6. The van der Waals surface area contributed by atoms with Crippen molar-refractivity contribution in [3.05, 3.63) is 0 Å². The zero-order chi connectivity index (χ0) is 18.1. The molecule has 2 aliphatic rings. The van der Waals surface area contributed by atoms with E-state index >= 15 is 0 Å². The summed E-state index contributed by atoms with van der Waals surface area (Å²) in [4.78, 5) is 23.5. The van der Waals surface area contributed by atoms with Gasteiger partial charge in [-0.25, -0.2) is 0 Å². The van der Waals surface area contributed by atoms with Crippen LogP contribution in [-0.2, 0) is 9.59 Å². The van der Waals surface area contributed by atoms with Gasteiger partial charge in [0.05, 0.1) is 6.04 Å². The highest BCUT2D eigenvalue weighted by molar-refractivity contribution is 6.40. The third-order valence-electron chi connectivity index (χ3n) is 5.66. The first-order valence-electron chi connectivity index (χ1n) is 8.59. The van der Waals surface area contributed by atoms with E-state index < -0.39 is 24.7 Å². The van der Waals surface area contributed by atoms with Crippen molar-refractivity contribution in [2.45, 2.75) is 63.0 Å². The molecule has 1 amide bonds. The number of hydrogen-bond acceptors (Lipinski definition) is 6. The largest absolute Gasteiger partial charge is 0.480 e. The monoisotopic (exact) mass is 341 g/mol. The molecule has 0 aromatic heterocycles. The fourth-order valence-electron chi connectivity index (χ4n) is 4.54. The molecule has 0 spiro atoms. The predicted octanol–water partition coefficient (Wildman–Crippen LogP) is -1.10. The molecule has 2 fully saturated rings. The normalized spacial score (nSPS) is 36.2. The summed E-state index contributed by atoms with van der Waals surface area (Å²) in [5.41, 5.74) is 10.5. The standard InChI is InChI=1S/C15H28BN3O5/c1-8(17)13(20)19-10-5-9-7-15(18,14(21)22)12(11(9)6-10)3-2-4-16(23)24/h8-12,23-24H,2-7,17-18H2,1H3,(H,19,20)(H,21,22)/t8-,9+,10-,11+,12-,15-/m0/s1. The molecule has 136 valence electrons. The number of amides is 1. The Kier molecular flexibility index (Phi) is 5.90. The molecule has 24 heavy (non-hydrogen) atoms. The Bertz CT molecular complexity index is 490. The first-order valence-corrected chi connectivity index (χ1v) is 8.59. The van der Waals surface area contributed by atoms with Crippen LogP contribution in [0.5, 0.6) is 0 Å². The molecule has 2 rings (SSSR count). The molecule has 0 radical (unpaired) electrons. The van der Waals surface area contributed by atoms with Crippen molar-refractivity contribution in [2.24, 2.45) is 29.2 Å². The lowest BCUT2D eigenvalue weighted by Crippen LogP contribution is -2.53. The van der Waals surface area contributed by atoms with E-state index in [-0.39, 0.29) is 36.0 Å². The van der Waals surface area contributed by atoms with Crippen molar-refractivity contribution >= 4 is 19.0 Å². The van der Waals surface area contributed by atoms with Gasteiger partial charge in [-0.1, -0.05) is 6.42 Å². The van der Waals surface area contributed by atoms with Crippen molar-refractivity contribution in [1.82, 2.24) is 5.32 Å². The maximum atomic E-state index is 11.8. The van der Waals surface area contributed by atoms with E-state index in [2.05, 4.69) is 5.32 Å². The summed E-state index contributed by atoms with van der Waals surface area (Å²) < 4.78 is 0. The smallest absolute Gasteiger partial charge is 0.451 e. The van der Waals surface area contributed by atoms with Gasteiger partial charge >= 0.3 is 13.1 Å². The predicted molar refractivity (Wildman–Crippen MR) is 88.7 cm³/mol. The van der Waals surface area contributed by atoms with Crippen LogP contribution in [0.25, 0.3) is 0 Å². The fourth-order valence-corrected chi connectivity index (χ4v) is 4.54. The summed E-state index contributed by atoms with van der Waals surface area (Å²) in [5, 5.41) is 30.5. The molecular weight excluding hydrogens is 313 g/mol. The van der Waals surface area contributed by atoms with Crippen LogP contribution in [0.15, 0.2) is 0 Å². The lowest BCUT2D eigenvalue weighted by atomic mass is 9.75. The minimum Gasteiger partial charge on any atom is -0.480 e. The van der Waals surface area contributed by atoms with Crippen LogP contribution in [0.1, 0.15) is 39.0 Å². The highest BCUT2D eigenvalue weighted by atomic mass is 16.4. The quantitative estimate of drug-likeness (QED) is 0.321. The molecule has 0 aromatic rings. The van der Waals surface area contributed by atoms with Crippen molar-refractivity contribution in [3.63, 3.8) is 0 Å². The van der Waals surface area contributed by atoms with Gasteiger partial charge in [-0.2, -0.15) is 0 Å². The number of carbonyl (C=O) groups excluding carboxylic acids is 1. The van der Waals surface area contributed by atoms with E-state index in [1.807, 2.05) is 0 Å². The molecule has 0 heterocycles. The van der Waals surface area contributed by atoms with Crippen molar-refractivity contribution < 1.29 is 24.7 Å². The first-order chi connectivity index (χ1) is 11.1. The molecule has 8 N–H and O–H groups in total. The van der Waals surface area contributed by atoms with Crippen LogP contribution in [-0.4, -0.2) is 51.8 Å². The van der Waals surface area contributed by atoms with Gasteiger partial charge in [0.15, 0.2) is 0 Å². The van der Waals surface area contributed by atoms with Crippen LogP contribution in [0.3, 0.4) is 0 Å². The van der Waals surface area contributed by atoms with Crippen LogP contribution in [0.4, 0.5) is 0 Å². The second-order valence-electron chi connectivity index (χ2n) is 7.46. The molecule has 0 bridgehead atoms. The molecule has 0 saturated heterocycles. The lowest BCUT2D eigenvalue weighted by molar-refractivity contribution is -0.145. The summed E-state index contributed by atoms with van der Waals surface area (Å²) in [7, 11) is -1.39. The number of nitrogens with one attached hydrogen (secondary N) is 1. The first kappa shape index (κ1) is 19.2. The van der Waals surface area contributed by atoms with Gasteiger partial charge in [-0.05, 0) is 56.7 Å². The topological polar surface area (TPSA) is 159 Å². The van der Waals surface area contributed by atoms with Crippen LogP contribution < -0.4 is 16.8 Å². The average molecular weight is 341 g/mol. The second-order valence-corrected chi connectivity index (χ2v) is 7.46. The maximum Gasteiger partial charge on any atom is 0.451 e. The zero-order valence-corrected chi connectivity index (χ0v) is 14.0. The highest BCUT2D eigenvalue weighted by Gasteiger charge is 2.58. The number of aliphatic carboxylic acids is 1. The molecule has 0 aliphatic heterocycles. The third-order valence-corrected chi connectivity index (χ3v) is 5.66. The second kappa shape index (κ2) is 7.39. The Morgan fingerprint density at radius 3 is 2.58 bits per heavy atom. The molecule has 8 nitrogen and oxygen atoms in total. The van der Waals surface area contributed by atoms with Crippen molar-refractivity contribution in [2.75, 3.05) is 0 Å². The van der Waals surface area contributed by atoms with Crippen LogP contribution in [0.2, 0.25) is 6.32 Å². The summed E-state index contributed by atoms with van der Waals surface area (Å²) in [6.07, 6.45) is 3.05. The highest BCUT2D eigenvalue weighted by Crippen LogP contribution is 2.53. The van der Waals surface area contributed by atoms with E-state index in [0.717, 1.165) is 0 Å². The Balaban J connectivity index is 2.04. The van der Waals surface area contributed by atoms with E-state index in [1.54, 1.807) is 6.92 Å². The van der Waals surface area contributed by atoms with Gasteiger partial charge in [0.1, 0.15) is 5.54 Å². The summed E-state index contributed by atoms with van der Waals surface area (Å²) >= 11 is 0. The van der Waals surface area contributed by atoms with Gasteiger partial charge < -0.3 is 31.9 Å². The minimum atomic E-state index is -1.39. The molecule has 6 atom stereocenters. The van der Waals surface area contributed by atoms with E-state index in [9.17, 15) is 14.7 Å². The van der Waals surface area contributed by atoms with E-state index in [4.69, 9.17) is 21.5 Å². The van der Waals surface area contributed by atoms with Gasteiger partial charge in [-0.3, -0.25) is 9.59 Å². The number of nitrogens with two attached hydrogens (primary N) is 2. The zero-order valence-electron chi connectivity index (χ0n) is 14.0. The Labute approximate surface area is 142 Å². The number of carboxylic acid groups (broad SMARTS) is 1. The van der Waals surface area contributed by atoms with Crippen molar-refractivity contribution in [3.8, 4) is 0 Å². The molecule has 2 saturated carbocycles. The lowest BCUT2D eigenvalue weighted by Gasteiger charge is -2.31. The number of carbonyl (C=O) groups is 2. The summed E-state index contributed by atoms with van der Waals surface area (Å²) in [6.45, 7) is 1.63. The SMILES string of the molecule is C[C@H](N)C(=O)N[C@H]1C[C@@H]2C[C@@](N)(C(=O)O)[C@@H](CCCB(O)O)[C@@H]2C1. The number of carboxylic acids is 1. The minimum absolute atomic E-state index is 0.00257. The van der Waals surface area contributed by atoms with E-state index in [1.165, 1.54) is 0 Å². The van der Waals surface area contributed by atoms with Gasteiger partial charge in [0.2, 0.25) is 5.91 Å². The van der Waals surface area contributed by atoms with E-state index in [0.29, 0.717) is 32.1 Å². The fraction of sp³-hybridized carbons (Fsp3) is 0.867. The average Bonchev–Trinajstić information content (AvgIpc) is 2.95. The summed E-state index contributed by atoms with van der Waals surface area (Å²) in [5.74, 6) is -1.13. The molecule has 2 aliphatic carbocycles. The molecular formula is C15H28BN3O5.